The molecule has 1 rings (SSSR count). The summed E-state index contributed by atoms with van der Waals surface area (Å²) < 4.78 is 5.74. The number of ether oxygens (including phenoxy) is 1. The van der Waals surface area contributed by atoms with Gasteiger partial charge in [-0.05, 0) is 25.8 Å². The summed E-state index contributed by atoms with van der Waals surface area (Å²) in [4.78, 5) is 27.1. The summed E-state index contributed by atoms with van der Waals surface area (Å²) in [5.74, 6) is -0.376. The third-order valence-electron chi connectivity index (χ3n) is 2.99. The second kappa shape index (κ2) is 9.24. The van der Waals surface area contributed by atoms with Crippen LogP contribution in [0.5, 0.6) is 0 Å². The van der Waals surface area contributed by atoms with Crippen LogP contribution >= 0.6 is 35.3 Å². The van der Waals surface area contributed by atoms with E-state index in [0.717, 1.165) is 16.9 Å². The summed E-state index contributed by atoms with van der Waals surface area (Å²) in [6, 6.07) is 0. The molecule has 128 valence electrons. The van der Waals surface area contributed by atoms with Crippen LogP contribution in [-0.4, -0.2) is 47.6 Å². The van der Waals surface area contributed by atoms with E-state index in [2.05, 4.69) is 5.32 Å². The molecule has 1 heterocycles. The molecule has 0 saturated carbocycles. The highest BCUT2D eigenvalue weighted by Crippen LogP contribution is 2.34. The molecular formula is C15H22N2O3S3. The van der Waals surface area contributed by atoms with Gasteiger partial charge in [0, 0.05) is 19.0 Å². The number of nitrogens with one attached hydrogen (secondary N) is 1. The Hall–Kier alpha value is -1.12. The first-order valence-corrected chi connectivity index (χ1v) is 9.46. The van der Waals surface area contributed by atoms with Gasteiger partial charge in [0.1, 0.15) is 9.32 Å². The number of thiophene rings is 1. The molecule has 23 heavy (non-hydrogen) atoms. The second-order valence-electron chi connectivity index (χ2n) is 4.93. The van der Waals surface area contributed by atoms with Crippen molar-refractivity contribution in [2.45, 2.75) is 27.2 Å². The highest BCUT2D eigenvalue weighted by molar-refractivity contribution is 8.23. The number of nitrogens with zero attached hydrogens (tertiary/aromatic N) is 1. The molecule has 0 atom stereocenters. The third-order valence-corrected chi connectivity index (χ3v) is 6.08. The normalized spacial score (nSPS) is 10.3. The van der Waals surface area contributed by atoms with Crippen molar-refractivity contribution in [3.05, 3.63) is 16.0 Å². The van der Waals surface area contributed by atoms with Crippen LogP contribution in [0.4, 0.5) is 5.00 Å². The predicted octanol–water partition coefficient (Wildman–Crippen LogP) is 3.31. The maximum atomic E-state index is 12.2. The van der Waals surface area contributed by atoms with E-state index < -0.39 is 5.97 Å². The smallest absolute Gasteiger partial charge is 0.341 e. The molecule has 1 aromatic heterocycles. The Morgan fingerprint density at radius 3 is 2.52 bits per heavy atom. The number of carbonyl (C=O) groups excluding carboxylic acids is 2. The van der Waals surface area contributed by atoms with Crippen LogP contribution in [0.3, 0.4) is 0 Å². The largest absolute Gasteiger partial charge is 0.462 e. The Labute approximate surface area is 150 Å². The second-order valence-corrected chi connectivity index (χ2v) is 7.64. The molecule has 1 aromatic rings. The van der Waals surface area contributed by atoms with Gasteiger partial charge in [-0.1, -0.05) is 30.9 Å². The van der Waals surface area contributed by atoms with E-state index in [4.69, 9.17) is 17.0 Å². The van der Waals surface area contributed by atoms with E-state index in [1.54, 1.807) is 11.8 Å². The Kier molecular flexibility index (Phi) is 8.01. The fraction of sp³-hybridized carbons (Fsp3) is 0.533. The van der Waals surface area contributed by atoms with Gasteiger partial charge >= 0.3 is 5.97 Å². The molecule has 5 nitrogen and oxygen atoms in total. The number of hydrogen-bond acceptors (Lipinski definition) is 6. The van der Waals surface area contributed by atoms with Crippen LogP contribution in [0.25, 0.3) is 0 Å². The van der Waals surface area contributed by atoms with Crippen molar-refractivity contribution in [1.82, 2.24) is 4.90 Å². The van der Waals surface area contributed by atoms with Gasteiger partial charge in [-0.15, -0.1) is 11.3 Å². The van der Waals surface area contributed by atoms with Crippen molar-refractivity contribution >= 4 is 56.5 Å². The van der Waals surface area contributed by atoms with E-state index in [1.807, 2.05) is 27.9 Å². The van der Waals surface area contributed by atoms with Crippen molar-refractivity contribution in [2.24, 2.45) is 0 Å². The van der Waals surface area contributed by atoms with E-state index in [1.165, 1.54) is 23.1 Å². The average molecular weight is 375 g/mol. The van der Waals surface area contributed by atoms with E-state index in [9.17, 15) is 9.59 Å². The fourth-order valence-electron chi connectivity index (χ4n) is 1.85. The summed E-state index contributed by atoms with van der Waals surface area (Å²) in [6.07, 6.45) is 0.804. The Morgan fingerprint density at radius 1 is 1.35 bits per heavy atom. The van der Waals surface area contributed by atoms with Crippen molar-refractivity contribution in [3.63, 3.8) is 0 Å². The van der Waals surface area contributed by atoms with Crippen LogP contribution in [0, 0.1) is 6.92 Å². The molecule has 0 fully saturated rings. The van der Waals surface area contributed by atoms with Crippen LogP contribution in [0.1, 0.15) is 34.6 Å². The lowest BCUT2D eigenvalue weighted by atomic mass is 10.1. The number of rotatable bonds is 6. The molecule has 0 aliphatic rings. The number of amides is 1. The molecule has 0 unspecified atom stereocenters. The third kappa shape index (κ3) is 5.47. The maximum absolute atomic E-state index is 12.2. The van der Waals surface area contributed by atoms with Crippen molar-refractivity contribution in [2.75, 3.05) is 31.8 Å². The highest BCUT2D eigenvalue weighted by atomic mass is 32.2. The summed E-state index contributed by atoms with van der Waals surface area (Å²) >= 11 is 7.85. The van der Waals surface area contributed by atoms with E-state index in [0.29, 0.717) is 21.5 Å². The Morgan fingerprint density at radius 2 is 2.00 bits per heavy atom. The first-order chi connectivity index (χ1) is 10.8. The SMILES string of the molecule is CCOC(=O)c1c(NC(=O)CSC(=S)N(C)C)sc(CC)c1C. The summed E-state index contributed by atoms with van der Waals surface area (Å²) in [5.41, 5.74) is 1.34. The minimum atomic E-state index is -0.396. The lowest BCUT2D eigenvalue weighted by Crippen LogP contribution is -2.21. The molecule has 8 heteroatoms. The van der Waals surface area contributed by atoms with Gasteiger partial charge in [-0.3, -0.25) is 4.79 Å². The highest BCUT2D eigenvalue weighted by Gasteiger charge is 2.23. The Bertz CT molecular complexity index is 597. The van der Waals surface area contributed by atoms with E-state index in [-0.39, 0.29) is 11.7 Å². The quantitative estimate of drug-likeness (QED) is 0.609. The lowest BCUT2D eigenvalue weighted by molar-refractivity contribution is -0.113. The van der Waals surface area contributed by atoms with Crippen LogP contribution in [0.2, 0.25) is 0 Å². The zero-order chi connectivity index (χ0) is 17.6. The van der Waals surface area contributed by atoms with Gasteiger partial charge in [-0.2, -0.15) is 0 Å². The molecule has 0 spiro atoms. The maximum Gasteiger partial charge on any atom is 0.341 e. The first kappa shape index (κ1) is 19.9. The van der Waals surface area contributed by atoms with Gasteiger partial charge < -0.3 is 15.0 Å². The molecule has 1 amide bonds. The number of thiocarbonyl (C=S) groups is 1. The fourth-order valence-corrected chi connectivity index (χ4v) is 3.76. The van der Waals surface area contributed by atoms with Crippen molar-refractivity contribution < 1.29 is 14.3 Å². The Balaban J connectivity index is 2.88. The number of anilines is 1. The van der Waals surface area contributed by atoms with Gasteiger partial charge in [0.2, 0.25) is 5.91 Å². The minimum Gasteiger partial charge on any atom is -0.462 e. The molecule has 0 bridgehead atoms. The van der Waals surface area contributed by atoms with Crippen LogP contribution < -0.4 is 5.32 Å². The molecule has 0 radical (unpaired) electrons. The zero-order valence-electron chi connectivity index (χ0n) is 14.0. The summed E-state index contributed by atoms with van der Waals surface area (Å²) in [5, 5.41) is 3.37. The van der Waals surface area contributed by atoms with Gasteiger partial charge in [-0.25, -0.2) is 4.79 Å². The molecule has 0 aromatic carbocycles. The number of carbonyl (C=O) groups is 2. The molecular weight excluding hydrogens is 352 g/mol. The lowest BCUT2D eigenvalue weighted by Gasteiger charge is -2.12. The topological polar surface area (TPSA) is 58.6 Å². The zero-order valence-corrected chi connectivity index (χ0v) is 16.5. The summed E-state index contributed by atoms with van der Waals surface area (Å²) in [7, 11) is 3.67. The standard InChI is InChI=1S/C15H22N2O3S3/c1-6-10-9(3)12(14(19)20-7-2)13(23-10)16-11(18)8-22-15(21)17(4)5/h6-8H2,1-5H3,(H,16,18). The number of hydrogen-bond donors (Lipinski definition) is 1. The first-order valence-electron chi connectivity index (χ1n) is 7.25. The summed E-state index contributed by atoms with van der Waals surface area (Å²) in [6.45, 7) is 5.96. The number of aryl methyl sites for hydroxylation is 1. The van der Waals surface area contributed by atoms with Gasteiger partial charge in [0.05, 0.1) is 17.9 Å². The predicted molar refractivity (Wildman–Crippen MR) is 102 cm³/mol. The van der Waals surface area contributed by atoms with Crippen molar-refractivity contribution in [1.29, 1.82) is 0 Å². The van der Waals surface area contributed by atoms with Crippen LogP contribution in [-0.2, 0) is 16.0 Å². The average Bonchev–Trinajstić information content (AvgIpc) is 2.80. The molecule has 0 aliphatic heterocycles. The molecule has 0 saturated heterocycles. The van der Waals surface area contributed by atoms with E-state index >= 15 is 0 Å². The number of thioether (sulfide) groups is 1. The molecule has 1 N–H and O–H groups in total. The monoisotopic (exact) mass is 374 g/mol. The van der Waals surface area contributed by atoms with Gasteiger partial charge in [0.15, 0.2) is 0 Å². The number of esters is 1. The van der Waals surface area contributed by atoms with Gasteiger partial charge in [0.25, 0.3) is 0 Å². The molecule has 0 aliphatic carbocycles. The minimum absolute atomic E-state index is 0.186. The van der Waals surface area contributed by atoms with Crippen LogP contribution in [0.15, 0.2) is 0 Å². The van der Waals surface area contributed by atoms with Crippen molar-refractivity contribution in [3.8, 4) is 0 Å².